The van der Waals surface area contributed by atoms with Crippen LogP contribution in [0.4, 0.5) is 0 Å². The lowest BCUT2D eigenvalue weighted by Crippen LogP contribution is -2.37. The number of amides is 1. The van der Waals surface area contributed by atoms with Crippen molar-refractivity contribution < 1.29 is 9.53 Å². The number of ether oxygens (including phenoxy) is 1. The first-order valence-electron chi connectivity index (χ1n) is 7.97. The summed E-state index contributed by atoms with van der Waals surface area (Å²) in [5, 5.41) is 6.95. The highest BCUT2D eigenvalue weighted by atomic mass is 32.1. The summed E-state index contributed by atoms with van der Waals surface area (Å²) in [6.45, 7) is 3.18. The van der Waals surface area contributed by atoms with Gasteiger partial charge in [-0.05, 0) is 31.9 Å². The molecule has 3 aromatic rings. The van der Waals surface area contributed by atoms with Gasteiger partial charge in [0.25, 0.3) is 5.56 Å². The van der Waals surface area contributed by atoms with E-state index in [1.807, 2.05) is 19.1 Å². The molecule has 4 rings (SSSR count). The van der Waals surface area contributed by atoms with Crippen molar-refractivity contribution >= 4 is 33.0 Å². The molecule has 1 fully saturated rings. The standard InChI is InChI=1S/C16H18N4O3S/c1-10-5-12-14(24-10)6-13-16(22)20(18-9-19(12)13)8-15(21)17-7-11-3-2-4-23-11/h5-6,9,11H,2-4,7-8H2,1H3,(H,17,21). The van der Waals surface area contributed by atoms with Gasteiger partial charge in [0, 0.05) is 18.0 Å². The molecule has 0 aromatic carbocycles. The van der Waals surface area contributed by atoms with Crippen molar-refractivity contribution in [1.29, 1.82) is 0 Å². The molecule has 7 nitrogen and oxygen atoms in total. The third kappa shape index (κ3) is 2.71. The fraction of sp³-hybridized carbons (Fsp3) is 0.438. The monoisotopic (exact) mass is 346 g/mol. The lowest BCUT2D eigenvalue weighted by Gasteiger charge is -2.11. The Morgan fingerprint density at radius 1 is 1.46 bits per heavy atom. The summed E-state index contributed by atoms with van der Waals surface area (Å²) >= 11 is 1.64. The van der Waals surface area contributed by atoms with Gasteiger partial charge in [-0.2, -0.15) is 5.10 Å². The average molecular weight is 346 g/mol. The van der Waals surface area contributed by atoms with Crippen LogP contribution in [-0.2, 0) is 16.1 Å². The molecule has 1 unspecified atom stereocenters. The van der Waals surface area contributed by atoms with E-state index in [0.717, 1.165) is 29.7 Å². The number of carbonyl (C=O) groups is 1. The molecule has 24 heavy (non-hydrogen) atoms. The largest absolute Gasteiger partial charge is 0.376 e. The number of nitrogens with one attached hydrogen (secondary N) is 1. The van der Waals surface area contributed by atoms with Crippen molar-refractivity contribution in [3.63, 3.8) is 0 Å². The fourth-order valence-electron chi connectivity index (χ4n) is 3.06. The van der Waals surface area contributed by atoms with E-state index < -0.39 is 0 Å². The van der Waals surface area contributed by atoms with Crippen LogP contribution in [0.1, 0.15) is 17.7 Å². The van der Waals surface area contributed by atoms with E-state index in [-0.39, 0.29) is 24.1 Å². The van der Waals surface area contributed by atoms with Gasteiger partial charge in [0.05, 0.1) is 16.3 Å². The number of hydrogen-bond acceptors (Lipinski definition) is 5. The summed E-state index contributed by atoms with van der Waals surface area (Å²) in [5.41, 5.74) is 1.26. The Hall–Kier alpha value is -2.19. The molecule has 1 aliphatic rings. The smallest absolute Gasteiger partial charge is 0.291 e. The molecule has 0 spiro atoms. The Kier molecular flexibility index (Phi) is 3.85. The summed E-state index contributed by atoms with van der Waals surface area (Å²) in [4.78, 5) is 25.8. The molecule has 1 aliphatic heterocycles. The minimum Gasteiger partial charge on any atom is -0.376 e. The quantitative estimate of drug-likeness (QED) is 0.773. The van der Waals surface area contributed by atoms with Crippen molar-refractivity contribution in [2.75, 3.05) is 13.2 Å². The number of aromatic nitrogens is 3. The number of nitrogens with zero attached hydrogens (tertiary/aromatic N) is 3. The molecule has 0 radical (unpaired) electrons. The maximum absolute atomic E-state index is 12.6. The second-order valence-electron chi connectivity index (χ2n) is 6.04. The van der Waals surface area contributed by atoms with Crippen molar-refractivity contribution in [3.8, 4) is 0 Å². The van der Waals surface area contributed by atoms with E-state index in [0.29, 0.717) is 12.1 Å². The zero-order chi connectivity index (χ0) is 16.7. The molecule has 126 valence electrons. The predicted octanol–water partition coefficient (Wildman–Crippen LogP) is 1.31. The molecule has 8 heteroatoms. The molecule has 0 bridgehead atoms. The highest BCUT2D eigenvalue weighted by Gasteiger charge is 2.17. The lowest BCUT2D eigenvalue weighted by molar-refractivity contribution is -0.122. The van der Waals surface area contributed by atoms with Crippen LogP contribution in [0, 0.1) is 6.92 Å². The molecule has 1 N–H and O–H groups in total. The van der Waals surface area contributed by atoms with Crippen molar-refractivity contribution in [3.05, 3.63) is 33.7 Å². The van der Waals surface area contributed by atoms with Crippen LogP contribution in [0.2, 0.25) is 0 Å². The maximum Gasteiger partial charge on any atom is 0.291 e. The Balaban J connectivity index is 1.54. The number of fused-ring (bicyclic) bond motifs is 3. The van der Waals surface area contributed by atoms with E-state index in [9.17, 15) is 9.59 Å². The van der Waals surface area contributed by atoms with E-state index in [4.69, 9.17) is 4.74 Å². The van der Waals surface area contributed by atoms with Crippen molar-refractivity contribution in [1.82, 2.24) is 19.5 Å². The molecule has 0 saturated carbocycles. The zero-order valence-electron chi connectivity index (χ0n) is 13.3. The lowest BCUT2D eigenvalue weighted by atomic mass is 10.2. The van der Waals surface area contributed by atoms with Gasteiger partial charge in [0.2, 0.25) is 5.91 Å². The van der Waals surface area contributed by atoms with Gasteiger partial charge in [0.1, 0.15) is 18.4 Å². The van der Waals surface area contributed by atoms with E-state index in [1.54, 1.807) is 22.1 Å². The summed E-state index contributed by atoms with van der Waals surface area (Å²) in [6, 6.07) is 3.89. The fourth-order valence-corrected chi connectivity index (χ4v) is 4.01. The number of carbonyl (C=O) groups excluding carboxylic acids is 1. The number of rotatable bonds is 4. The van der Waals surface area contributed by atoms with Crippen LogP contribution in [0.25, 0.3) is 15.7 Å². The maximum atomic E-state index is 12.6. The third-order valence-corrected chi connectivity index (χ3v) is 5.24. The summed E-state index contributed by atoms with van der Waals surface area (Å²) < 4.78 is 9.50. The van der Waals surface area contributed by atoms with Gasteiger partial charge in [0.15, 0.2) is 0 Å². The first-order valence-corrected chi connectivity index (χ1v) is 8.79. The first kappa shape index (κ1) is 15.3. The summed E-state index contributed by atoms with van der Waals surface area (Å²) in [5.74, 6) is -0.228. The molecular formula is C16H18N4O3S. The average Bonchev–Trinajstić information content (AvgIpc) is 3.24. The van der Waals surface area contributed by atoms with E-state index in [1.165, 1.54) is 9.56 Å². The van der Waals surface area contributed by atoms with Crippen LogP contribution < -0.4 is 10.9 Å². The van der Waals surface area contributed by atoms with Gasteiger partial charge in [-0.3, -0.25) is 14.0 Å². The van der Waals surface area contributed by atoms with Gasteiger partial charge in [-0.15, -0.1) is 11.3 Å². The van der Waals surface area contributed by atoms with E-state index in [2.05, 4.69) is 10.4 Å². The second-order valence-corrected chi connectivity index (χ2v) is 7.33. The van der Waals surface area contributed by atoms with Gasteiger partial charge in [-0.1, -0.05) is 0 Å². The van der Waals surface area contributed by atoms with Gasteiger partial charge >= 0.3 is 0 Å². The third-order valence-electron chi connectivity index (χ3n) is 4.25. The Labute approximate surface area is 141 Å². The number of thiophene rings is 1. The minimum atomic E-state index is -0.259. The van der Waals surface area contributed by atoms with Gasteiger partial charge in [-0.25, -0.2) is 4.68 Å². The predicted molar refractivity (Wildman–Crippen MR) is 91.6 cm³/mol. The Morgan fingerprint density at radius 3 is 3.12 bits per heavy atom. The van der Waals surface area contributed by atoms with Crippen LogP contribution in [0.5, 0.6) is 0 Å². The Morgan fingerprint density at radius 2 is 2.33 bits per heavy atom. The summed E-state index contributed by atoms with van der Waals surface area (Å²) in [6.07, 6.45) is 3.67. The molecular weight excluding hydrogens is 328 g/mol. The molecule has 1 saturated heterocycles. The molecule has 1 amide bonds. The topological polar surface area (TPSA) is 77.6 Å². The number of hydrogen-bond donors (Lipinski definition) is 1. The van der Waals surface area contributed by atoms with Crippen molar-refractivity contribution in [2.45, 2.75) is 32.4 Å². The first-order chi connectivity index (χ1) is 11.6. The highest BCUT2D eigenvalue weighted by Crippen LogP contribution is 2.26. The van der Waals surface area contributed by atoms with Crippen molar-refractivity contribution in [2.24, 2.45) is 0 Å². The van der Waals surface area contributed by atoms with Crippen LogP contribution in [0.3, 0.4) is 0 Å². The molecule has 4 heterocycles. The van der Waals surface area contributed by atoms with Crippen LogP contribution >= 0.6 is 11.3 Å². The number of aryl methyl sites for hydroxylation is 1. The minimum absolute atomic E-state index is 0.0834. The second kappa shape index (κ2) is 6.03. The summed E-state index contributed by atoms with van der Waals surface area (Å²) in [7, 11) is 0. The van der Waals surface area contributed by atoms with Crippen LogP contribution in [-0.4, -0.2) is 39.3 Å². The molecule has 1 atom stereocenters. The normalized spacial score (nSPS) is 17.8. The van der Waals surface area contributed by atoms with Gasteiger partial charge < -0.3 is 10.1 Å². The van der Waals surface area contributed by atoms with Crippen LogP contribution in [0.15, 0.2) is 23.3 Å². The highest BCUT2D eigenvalue weighted by molar-refractivity contribution is 7.19. The SMILES string of the molecule is Cc1cc2c(cc3c(=O)n(CC(=O)NCC4CCCO4)ncn32)s1. The Bertz CT molecular complexity index is 965. The van der Waals surface area contributed by atoms with E-state index >= 15 is 0 Å². The molecule has 3 aromatic heterocycles. The zero-order valence-corrected chi connectivity index (χ0v) is 14.1. The molecule has 0 aliphatic carbocycles.